The number of nitrogens with zero attached hydrogens (tertiary/aromatic N) is 2. The molecule has 88 valence electrons. The van der Waals surface area contributed by atoms with E-state index in [1.165, 1.54) is 12.8 Å². The fourth-order valence-electron chi connectivity index (χ4n) is 1.76. The number of benzene rings is 1. The Morgan fingerprint density at radius 3 is 2.88 bits per heavy atom. The Bertz CT molecular complexity index is 517. The van der Waals surface area contributed by atoms with E-state index in [4.69, 9.17) is 11.6 Å². The first-order chi connectivity index (χ1) is 8.33. The van der Waals surface area contributed by atoms with Gasteiger partial charge < -0.3 is 5.32 Å². The zero-order valence-electron chi connectivity index (χ0n) is 9.44. The third-order valence-electron chi connectivity index (χ3n) is 2.89. The molecule has 1 aliphatic rings. The van der Waals surface area contributed by atoms with Crippen LogP contribution in [0.1, 0.15) is 18.5 Å². The van der Waals surface area contributed by atoms with Crippen LogP contribution in [0.25, 0.3) is 5.69 Å². The Kier molecular flexibility index (Phi) is 2.87. The summed E-state index contributed by atoms with van der Waals surface area (Å²) in [6, 6.07) is 10.5. The summed E-state index contributed by atoms with van der Waals surface area (Å²) in [7, 11) is 0. The summed E-state index contributed by atoms with van der Waals surface area (Å²) in [5, 5.41) is 8.67. The zero-order chi connectivity index (χ0) is 11.7. The molecule has 1 fully saturated rings. The topological polar surface area (TPSA) is 29.9 Å². The minimum absolute atomic E-state index is 0.709. The van der Waals surface area contributed by atoms with Crippen LogP contribution >= 0.6 is 11.6 Å². The van der Waals surface area contributed by atoms with Gasteiger partial charge in [0.25, 0.3) is 0 Å². The largest absolute Gasteiger partial charge is 0.308 e. The van der Waals surface area contributed by atoms with Gasteiger partial charge in [0.15, 0.2) is 0 Å². The Hall–Kier alpha value is -1.32. The summed E-state index contributed by atoms with van der Waals surface area (Å²) < 4.78 is 1.83. The molecule has 3 nitrogen and oxygen atoms in total. The lowest BCUT2D eigenvalue weighted by molar-refractivity contribution is 0.665. The smallest absolute Gasteiger partial charge is 0.0831 e. The molecule has 3 rings (SSSR count). The van der Waals surface area contributed by atoms with Crippen LogP contribution in [0.5, 0.6) is 0 Å². The van der Waals surface area contributed by atoms with E-state index in [1.54, 1.807) is 0 Å². The van der Waals surface area contributed by atoms with Crippen molar-refractivity contribution in [2.75, 3.05) is 0 Å². The summed E-state index contributed by atoms with van der Waals surface area (Å²) in [4.78, 5) is 0. The fourth-order valence-corrected chi connectivity index (χ4v) is 1.99. The Morgan fingerprint density at radius 2 is 2.12 bits per heavy atom. The molecule has 0 bridgehead atoms. The number of nitrogens with one attached hydrogen (secondary N) is 1. The fraction of sp³-hybridized carbons (Fsp3) is 0.308. The van der Waals surface area contributed by atoms with E-state index in [-0.39, 0.29) is 0 Å². The van der Waals surface area contributed by atoms with Crippen molar-refractivity contribution in [3.8, 4) is 5.69 Å². The van der Waals surface area contributed by atoms with Crippen LogP contribution in [0.15, 0.2) is 36.5 Å². The van der Waals surface area contributed by atoms with Gasteiger partial charge in [0, 0.05) is 18.8 Å². The minimum atomic E-state index is 0.709. The normalized spacial score (nSPS) is 15.1. The highest BCUT2D eigenvalue weighted by atomic mass is 35.5. The molecule has 1 aromatic heterocycles. The SMILES string of the molecule is Clc1ccccc1-n1ccc(CNC2CC2)n1. The first-order valence-corrected chi connectivity index (χ1v) is 6.23. The number of halogens is 1. The molecule has 0 amide bonds. The molecule has 0 saturated heterocycles. The third-order valence-corrected chi connectivity index (χ3v) is 3.21. The van der Waals surface area contributed by atoms with Crippen LogP contribution in [0.3, 0.4) is 0 Å². The zero-order valence-corrected chi connectivity index (χ0v) is 10.2. The van der Waals surface area contributed by atoms with Crippen molar-refractivity contribution in [2.45, 2.75) is 25.4 Å². The molecule has 2 aromatic rings. The van der Waals surface area contributed by atoms with Gasteiger partial charge in [-0.15, -0.1) is 0 Å². The molecule has 4 heteroatoms. The maximum absolute atomic E-state index is 6.13. The average Bonchev–Trinajstić information content (AvgIpc) is 3.06. The standard InChI is InChI=1S/C13H14ClN3/c14-12-3-1-2-4-13(12)17-8-7-11(16-17)9-15-10-5-6-10/h1-4,7-8,10,15H,5-6,9H2. The van der Waals surface area contributed by atoms with Crippen molar-refractivity contribution >= 4 is 11.6 Å². The Morgan fingerprint density at radius 1 is 1.29 bits per heavy atom. The summed E-state index contributed by atoms with van der Waals surface area (Å²) >= 11 is 6.13. The molecular formula is C13H14ClN3. The van der Waals surface area contributed by atoms with Gasteiger partial charge in [0.2, 0.25) is 0 Å². The van der Waals surface area contributed by atoms with Crippen LogP contribution < -0.4 is 5.32 Å². The van der Waals surface area contributed by atoms with Crippen LogP contribution in [-0.4, -0.2) is 15.8 Å². The van der Waals surface area contributed by atoms with Gasteiger partial charge in [-0.3, -0.25) is 0 Å². The van der Waals surface area contributed by atoms with Crippen molar-refractivity contribution in [3.63, 3.8) is 0 Å². The van der Waals surface area contributed by atoms with Gasteiger partial charge in [0.1, 0.15) is 0 Å². The Balaban J connectivity index is 1.77. The molecule has 1 saturated carbocycles. The van der Waals surface area contributed by atoms with Gasteiger partial charge in [-0.05, 0) is 31.0 Å². The predicted octanol–water partition coefficient (Wildman–Crippen LogP) is 2.78. The second-order valence-corrected chi connectivity index (χ2v) is 4.77. The molecule has 17 heavy (non-hydrogen) atoms. The lowest BCUT2D eigenvalue weighted by Crippen LogP contribution is -2.15. The lowest BCUT2D eigenvalue weighted by Gasteiger charge is -2.03. The summed E-state index contributed by atoms with van der Waals surface area (Å²) in [6.07, 6.45) is 4.54. The van der Waals surface area contributed by atoms with Crippen molar-refractivity contribution in [1.82, 2.24) is 15.1 Å². The summed E-state index contributed by atoms with van der Waals surface area (Å²) in [5.74, 6) is 0. The monoisotopic (exact) mass is 247 g/mol. The molecule has 0 unspecified atom stereocenters. The molecule has 0 radical (unpaired) electrons. The molecule has 1 aliphatic carbocycles. The average molecular weight is 248 g/mol. The van der Waals surface area contributed by atoms with Crippen molar-refractivity contribution < 1.29 is 0 Å². The van der Waals surface area contributed by atoms with Gasteiger partial charge in [-0.25, -0.2) is 4.68 Å². The molecule has 0 spiro atoms. The van der Waals surface area contributed by atoms with Crippen LogP contribution in [0.4, 0.5) is 0 Å². The van der Waals surface area contributed by atoms with E-state index in [9.17, 15) is 0 Å². The van der Waals surface area contributed by atoms with E-state index < -0.39 is 0 Å². The highest BCUT2D eigenvalue weighted by Gasteiger charge is 2.20. The summed E-state index contributed by atoms with van der Waals surface area (Å²) in [6.45, 7) is 0.835. The number of hydrogen-bond donors (Lipinski definition) is 1. The number of rotatable bonds is 4. The van der Waals surface area contributed by atoms with E-state index >= 15 is 0 Å². The first kappa shape index (κ1) is 10.8. The van der Waals surface area contributed by atoms with E-state index in [0.717, 1.165) is 22.9 Å². The molecule has 1 N–H and O–H groups in total. The predicted molar refractivity (Wildman–Crippen MR) is 68.4 cm³/mol. The lowest BCUT2D eigenvalue weighted by atomic mass is 10.3. The van der Waals surface area contributed by atoms with E-state index in [1.807, 2.05) is 41.2 Å². The van der Waals surface area contributed by atoms with Gasteiger partial charge in [-0.1, -0.05) is 23.7 Å². The van der Waals surface area contributed by atoms with Gasteiger partial charge in [0.05, 0.1) is 16.4 Å². The number of hydrogen-bond acceptors (Lipinski definition) is 2. The van der Waals surface area contributed by atoms with E-state index in [2.05, 4.69) is 10.4 Å². The Labute approximate surface area is 105 Å². The summed E-state index contributed by atoms with van der Waals surface area (Å²) in [5.41, 5.74) is 1.98. The molecular weight excluding hydrogens is 234 g/mol. The highest BCUT2D eigenvalue weighted by molar-refractivity contribution is 6.32. The molecule has 0 atom stereocenters. The van der Waals surface area contributed by atoms with Crippen molar-refractivity contribution in [1.29, 1.82) is 0 Å². The van der Waals surface area contributed by atoms with Crippen LogP contribution in [-0.2, 0) is 6.54 Å². The van der Waals surface area contributed by atoms with Crippen LogP contribution in [0.2, 0.25) is 5.02 Å². The maximum Gasteiger partial charge on any atom is 0.0831 e. The van der Waals surface area contributed by atoms with E-state index in [0.29, 0.717) is 6.04 Å². The molecule has 1 aromatic carbocycles. The number of para-hydroxylation sites is 1. The molecule has 0 aliphatic heterocycles. The number of aromatic nitrogens is 2. The minimum Gasteiger partial charge on any atom is -0.308 e. The second-order valence-electron chi connectivity index (χ2n) is 4.36. The van der Waals surface area contributed by atoms with Gasteiger partial charge in [-0.2, -0.15) is 5.10 Å². The second kappa shape index (κ2) is 4.51. The quantitative estimate of drug-likeness (QED) is 0.901. The maximum atomic E-state index is 6.13. The van der Waals surface area contributed by atoms with Gasteiger partial charge >= 0.3 is 0 Å². The van der Waals surface area contributed by atoms with Crippen LogP contribution in [0, 0.1) is 0 Å². The first-order valence-electron chi connectivity index (χ1n) is 5.86. The highest BCUT2D eigenvalue weighted by Crippen LogP contribution is 2.20. The molecule has 1 heterocycles. The van der Waals surface area contributed by atoms with Crippen molar-refractivity contribution in [2.24, 2.45) is 0 Å². The third kappa shape index (κ3) is 2.51. The van der Waals surface area contributed by atoms with Crippen molar-refractivity contribution in [3.05, 3.63) is 47.2 Å².